The predicted octanol–water partition coefficient (Wildman–Crippen LogP) is 3.63. The molecular formula is C25H23N3O6S. The summed E-state index contributed by atoms with van der Waals surface area (Å²) >= 11 is 0. The van der Waals surface area contributed by atoms with Crippen LogP contribution in [-0.4, -0.2) is 39.8 Å². The van der Waals surface area contributed by atoms with Crippen LogP contribution in [0.2, 0.25) is 0 Å². The maximum Gasteiger partial charge on any atom is 0.255 e. The van der Waals surface area contributed by atoms with Gasteiger partial charge in [-0.25, -0.2) is 8.42 Å². The number of rotatable bonds is 5. The molecule has 9 nitrogen and oxygen atoms in total. The smallest absolute Gasteiger partial charge is 0.255 e. The van der Waals surface area contributed by atoms with Gasteiger partial charge in [0.15, 0.2) is 11.5 Å². The van der Waals surface area contributed by atoms with E-state index in [0.29, 0.717) is 59.1 Å². The van der Waals surface area contributed by atoms with Crippen LogP contribution in [0.15, 0.2) is 60.7 Å². The molecule has 3 aromatic carbocycles. The maximum atomic E-state index is 12.9. The quantitative estimate of drug-likeness (QED) is 0.561. The van der Waals surface area contributed by atoms with Gasteiger partial charge in [0.25, 0.3) is 11.8 Å². The number of hydrogen-bond donors (Lipinski definition) is 2. The van der Waals surface area contributed by atoms with Gasteiger partial charge in [-0.05, 0) is 73.0 Å². The fourth-order valence-electron chi connectivity index (χ4n) is 4.17. The van der Waals surface area contributed by atoms with Gasteiger partial charge < -0.3 is 20.1 Å². The molecule has 180 valence electrons. The molecule has 10 heteroatoms. The zero-order chi connectivity index (χ0) is 24.6. The lowest BCUT2D eigenvalue weighted by atomic mass is 10.0. The molecule has 2 N–H and O–H groups in total. The molecule has 0 bridgehead atoms. The summed E-state index contributed by atoms with van der Waals surface area (Å²) < 4.78 is 36.1. The van der Waals surface area contributed by atoms with Crippen LogP contribution in [0.4, 0.5) is 17.1 Å². The minimum atomic E-state index is -3.37. The Balaban J connectivity index is 1.29. The number of benzene rings is 3. The Morgan fingerprint density at radius 2 is 1.51 bits per heavy atom. The summed E-state index contributed by atoms with van der Waals surface area (Å²) in [5, 5.41) is 5.65. The number of carbonyl (C=O) groups is 2. The van der Waals surface area contributed by atoms with Crippen LogP contribution >= 0.6 is 0 Å². The number of aryl methyl sites for hydroxylation is 1. The van der Waals surface area contributed by atoms with E-state index in [1.807, 2.05) is 0 Å². The fourth-order valence-corrected chi connectivity index (χ4v) is 5.16. The molecule has 0 atom stereocenters. The number of amides is 2. The van der Waals surface area contributed by atoms with Crippen molar-refractivity contribution in [3.63, 3.8) is 0 Å². The molecule has 2 heterocycles. The first-order valence-electron chi connectivity index (χ1n) is 11.0. The summed E-state index contributed by atoms with van der Waals surface area (Å²) in [6.45, 7) is 0.560. The lowest BCUT2D eigenvalue weighted by molar-refractivity contribution is 0.101. The van der Waals surface area contributed by atoms with Crippen molar-refractivity contribution < 1.29 is 27.5 Å². The lowest BCUT2D eigenvalue weighted by Crippen LogP contribution is -2.34. The fraction of sp³-hybridized carbons (Fsp3) is 0.200. The lowest BCUT2D eigenvalue weighted by Gasteiger charge is -2.29. The van der Waals surface area contributed by atoms with Gasteiger partial charge in [0.1, 0.15) is 0 Å². The van der Waals surface area contributed by atoms with Gasteiger partial charge >= 0.3 is 0 Å². The molecular weight excluding hydrogens is 470 g/mol. The van der Waals surface area contributed by atoms with Crippen molar-refractivity contribution in [2.24, 2.45) is 0 Å². The van der Waals surface area contributed by atoms with E-state index in [9.17, 15) is 18.0 Å². The highest BCUT2D eigenvalue weighted by molar-refractivity contribution is 7.92. The molecule has 0 radical (unpaired) electrons. The highest BCUT2D eigenvalue weighted by Crippen LogP contribution is 2.33. The Bertz CT molecular complexity index is 1440. The van der Waals surface area contributed by atoms with Gasteiger partial charge in [-0.1, -0.05) is 6.07 Å². The molecule has 2 aliphatic heterocycles. The Hall–Kier alpha value is -4.05. The van der Waals surface area contributed by atoms with Crippen molar-refractivity contribution >= 4 is 38.9 Å². The van der Waals surface area contributed by atoms with Gasteiger partial charge in [-0.2, -0.15) is 0 Å². The minimum absolute atomic E-state index is 0.127. The molecule has 0 saturated carbocycles. The molecule has 2 aliphatic rings. The van der Waals surface area contributed by atoms with E-state index in [4.69, 9.17) is 9.47 Å². The van der Waals surface area contributed by atoms with Gasteiger partial charge in [0.05, 0.1) is 11.9 Å². The number of hydrogen-bond acceptors (Lipinski definition) is 6. The number of nitrogens with one attached hydrogen (secondary N) is 2. The van der Waals surface area contributed by atoms with Gasteiger partial charge in [-0.3, -0.25) is 13.9 Å². The van der Waals surface area contributed by atoms with E-state index >= 15 is 0 Å². The molecule has 0 saturated heterocycles. The van der Waals surface area contributed by atoms with Crippen molar-refractivity contribution in [3.05, 3.63) is 77.4 Å². The summed E-state index contributed by atoms with van der Waals surface area (Å²) in [5.74, 6) is 0.459. The van der Waals surface area contributed by atoms with E-state index in [1.54, 1.807) is 60.7 Å². The van der Waals surface area contributed by atoms with Crippen LogP contribution in [0.25, 0.3) is 0 Å². The largest absolute Gasteiger partial charge is 0.454 e. The number of carbonyl (C=O) groups excluding carboxylic acids is 2. The zero-order valence-corrected chi connectivity index (χ0v) is 19.7. The van der Waals surface area contributed by atoms with Crippen LogP contribution in [0.3, 0.4) is 0 Å². The first-order chi connectivity index (χ1) is 16.8. The summed E-state index contributed by atoms with van der Waals surface area (Å²) in [7, 11) is -3.37. The Morgan fingerprint density at radius 3 is 2.23 bits per heavy atom. The molecule has 0 unspecified atom stereocenters. The third kappa shape index (κ3) is 4.78. The molecule has 35 heavy (non-hydrogen) atoms. The highest BCUT2D eigenvalue weighted by atomic mass is 32.2. The number of anilines is 3. The van der Waals surface area contributed by atoms with E-state index in [0.717, 1.165) is 5.56 Å². The van der Waals surface area contributed by atoms with E-state index in [2.05, 4.69) is 10.6 Å². The number of nitrogens with zero attached hydrogens (tertiary/aromatic N) is 1. The number of ether oxygens (including phenoxy) is 2. The van der Waals surface area contributed by atoms with E-state index in [1.165, 1.54) is 10.6 Å². The van der Waals surface area contributed by atoms with Crippen LogP contribution in [0, 0.1) is 0 Å². The Labute approximate surface area is 202 Å². The molecule has 0 aliphatic carbocycles. The standard InChI is InChI=1S/C25H23N3O6S/c1-35(31,32)28-11-3-4-16-12-17(7-9-21(16)28)24(29)26-19-5-2-6-20(14-19)27-25(30)18-8-10-22-23(13-18)34-15-33-22/h2,5-10,12-14H,3-4,11,15H2,1H3,(H,26,29)(H,27,30). The molecule has 0 fully saturated rings. The SMILES string of the molecule is CS(=O)(=O)N1CCCc2cc(C(=O)Nc3cccc(NC(=O)c4ccc5c(c4)OCO5)c3)ccc21. The van der Waals surface area contributed by atoms with Crippen molar-refractivity contribution in [3.8, 4) is 11.5 Å². The molecule has 3 aromatic rings. The zero-order valence-electron chi connectivity index (χ0n) is 18.9. The molecule has 0 spiro atoms. The third-order valence-corrected chi connectivity index (χ3v) is 7.01. The maximum absolute atomic E-state index is 12.9. The average Bonchev–Trinajstić information content (AvgIpc) is 3.31. The van der Waals surface area contributed by atoms with Crippen LogP contribution in [-0.2, 0) is 16.4 Å². The van der Waals surface area contributed by atoms with Gasteiger partial charge in [-0.15, -0.1) is 0 Å². The van der Waals surface area contributed by atoms with Crippen molar-refractivity contribution in [2.75, 3.05) is 34.5 Å². The Kier molecular flexibility index (Phi) is 5.81. The van der Waals surface area contributed by atoms with Gasteiger partial charge in [0.2, 0.25) is 16.8 Å². The first-order valence-corrected chi connectivity index (χ1v) is 12.9. The average molecular weight is 494 g/mol. The monoisotopic (exact) mass is 493 g/mol. The second-order valence-corrected chi connectivity index (χ2v) is 10.2. The van der Waals surface area contributed by atoms with E-state index in [-0.39, 0.29) is 18.6 Å². The number of sulfonamides is 1. The van der Waals surface area contributed by atoms with Crippen LogP contribution in [0.1, 0.15) is 32.7 Å². The summed E-state index contributed by atoms with van der Waals surface area (Å²) in [4.78, 5) is 25.5. The van der Waals surface area contributed by atoms with Crippen molar-refractivity contribution in [1.29, 1.82) is 0 Å². The Morgan fingerprint density at radius 1 is 0.857 bits per heavy atom. The molecule has 2 amide bonds. The molecule has 5 rings (SSSR count). The summed E-state index contributed by atoms with van der Waals surface area (Å²) in [6.07, 6.45) is 2.57. The second kappa shape index (κ2) is 8.95. The van der Waals surface area contributed by atoms with E-state index < -0.39 is 10.0 Å². The second-order valence-electron chi connectivity index (χ2n) is 8.34. The summed E-state index contributed by atoms with van der Waals surface area (Å²) in [6, 6.07) is 16.8. The number of fused-ring (bicyclic) bond motifs is 2. The van der Waals surface area contributed by atoms with Crippen molar-refractivity contribution in [1.82, 2.24) is 0 Å². The normalized spacial score (nSPS) is 14.3. The summed E-state index contributed by atoms with van der Waals surface area (Å²) in [5.41, 5.74) is 3.30. The topological polar surface area (TPSA) is 114 Å². The van der Waals surface area contributed by atoms with Gasteiger partial charge in [0, 0.05) is 29.0 Å². The van der Waals surface area contributed by atoms with Crippen LogP contribution in [0.5, 0.6) is 11.5 Å². The molecule has 0 aromatic heterocycles. The minimum Gasteiger partial charge on any atom is -0.454 e. The predicted molar refractivity (Wildman–Crippen MR) is 132 cm³/mol. The highest BCUT2D eigenvalue weighted by Gasteiger charge is 2.25. The third-order valence-electron chi connectivity index (χ3n) is 5.83. The van der Waals surface area contributed by atoms with Crippen LogP contribution < -0.4 is 24.4 Å². The van der Waals surface area contributed by atoms with Crippen molar-refractivity contribution in [2.45, 2.75) is 12.8 Å². The first kappa shape index (κ1) is 22.7.